The number of carbonyl (C=O) groups is 2. The molecule has 7 nitrogen and oxygen atoms in total. The van der Waals surface area contributed by atoms with Gasteiger partial charge >= 0.3 is 0 Å². The van der Waals surface area contributed by atoms with Gasteiger partial charge in [0.15, 0.2) is 0 Å². The highest BCUT2D eigenvalue weighted by molar-refractivity contribution is 7.92. The van der Waals surface area contributed by atoms with Gasteiger partial charge in [0.25, 0.3) is 0 Å². The van der Waals surface area contributed by atoms with Crippen LogP contribution < -0.4 is 9.62 Å². The maximum Gasteiger partial charge on any atom is 0.244 e. The van der Waals surface area contributed by atoms with Crippen molar-refractivity contribution in [1.82, 2.24) is 10.2 Å². The van der Waals surface area contributed by atoms with Crippen molar-refractivity contribution in [3.05, 3.63) is 64.4 Å². The Balaban J connectivity index is 2.35. The second-order valence-electron chi connectivity index (χ2n) is 8.20. The van der Waals surface area contributed by atoms with Gasteiger partial charge in [-0.15, -0.1) is 0 Å². The summed E-state index contributed by atoms with van der Waals surface area (Å²) in [5.41, 5.74) is 1.89. The van der Waals surface area contributed by atoms with Gasteiger partial charge in [0.2, 0.25) is 21.8 Å². The van der Waals surface area contributed by atoms with Crippen molar-refractivity contribution in [3.63, 3.8) is 0 Å². The van der Waals surface area contributed by atoms with E-state index < -0.39 is 34.3 Å². The van der Waals surface area contributed by atoms with Gasteiger partial charge in [0.1, 0.15) is 18.4 Å². The van der Waals surface area contributed by atoms with E-state index in [0.717, 1.165) is 46.7 Å². The Labute approximate surface area is 205 Å². The van der Waals surface area contributed by atoms with Crippen molar-refractivity contribution >= 4 is 39.1 Å². The number of carbonyl (C=O) groups excluding carboxylic acids is 2. The summed E-state index contributed by atoms with van der Waals surface area (Å²) in [5.74, 6) is -1.61. The molecular formula is C24H31ClFN3O4S. The molecule has 34 heavy (non-hydrogen) atoms. The normalized spacial score (nSPS) is 12.2. The minimum absolute atomic E-state index is 0.0533. The molecular weight excluding hydrogens is 481 g/mol. The smallest absolute Gasteiger partial charge is 0.244 e. The van der Waals surface area contributed by atoms with Gasteiger partial charge in [-0.1, -0.05) is 54.8 Å². The fourth-order valence-electron chi connectivity index (χ4n) is 3.26. The number of sulfonamides is 1. The van der Waals surface area contributed by atoms with Crippen LogP contribution in [-0.2, 0) is 26.2 Å². The van der Waals surface area contributed by atoms with Crippen LogP contribution in [0.1, 0.15) is 37.8 Å². The lowest BCUT2D eigenvalue weighted by Crippen LogP contribution is -2.51. The largest absolute Gasteiger partial charge is 0.354 e. The Morgan fingerprint density at radius 1 is 1.15 bits per heavy atom. The first kappa shape index (κ1) is 27.6. The summed E-state index contributed by atoms with van der Waals surface area (Å²) in [5, 5.41) is 2.55. The van der Waals surface area contributed by atoms with Crippen molar-refractivity contribution in [1.29, 1.82) is 0 Å². The zero-order valence-electron chi connectivity index (χ0n) is 19.8. The summed E-state index contributed by atoms with van der Waals surface area (Å²) in [6.07, 6.45) is 2.66. The van der Waals surface area contributed by atoms with Crippen molar-refractivity contribution in [2.75, 3.05) is 23.7 Å². The lowest BCUT2D eigenvalue weighted by molar-refractivity contribution is -0.139. The van der Waals surface area contributed by atoms with Crippen LogP contribution in [0, 0.1) is 12.7 Å². The zero-order chi connectivity index (χ0) is 25.5. The Bertz CT molecular complexity index is 1110. The van der Waals surface area contributed by atoms with Gasteiger partial charge in [-0.3, -0.25) is 13.9 Å². The van der Waals surface area contributed by atoms with Gasteiger partial charge in [-0.05, 0) is 44.0 Å². The molecule has 2 amide bonds. The van der Waals surface area contributed by atoms with E-state index in [0.29, 0.717) is 6.54 Å². The topological polar surface area (TPSA) is 86.8 Å². The number of nitrogens with zero attached hydrogens (tertiary/aromatic N) is 2. The number of unbranched alkanes of at least 4 members (excludes halogenated alkanes) is 1. The van der Waals surface area contributed by atoms with Crippen LogP contribution in [0.3, 0.4) is 0 Å². The molecule has 0 bridgehead atoms. The molecule has 2 aromatic rings. The predicted molar refractivity (Wildman–Crippen MR) is 133 cm³/mol. The summed E-state index contributed by atoms with van der Waals surface area (Å²) in [7, 11) is -3.91. The lowest BCUT2D eigenvalue weighted by Gasteiger charge is -2.31. The molecule has 2 aromatic carbocycles. The summed E-state index contributed by atoms with van der Waals surface area (Å²) < 4.78 is 39.5. The van der Waals surface area contributed by atoms with Crippen LogP contribution in [-0.4, -0.2) is 50.5 Å². The number of amides is 2. The number of nitrogens with one attached hydrogen (secondary N) is 1. The van der Waals surface area contributed by atoms with E-state index in [4.69, 9.17) is 11.6 Å². The summed E-state index contributed by atoms with van der Waals surface area (Å²) in [4.78, 5) is 27.5. The first-order valence-electron chi connectivity index (χ1n) is 11.0. The third-order valence-corrected chi connectivity index (χ3v) is 6.77. The van der Waals surface area contributed by atoms with E-state index in [9.17, 15) is 22.4 Å². The Morgan fingerprint density at radius 3 is 2.35 bits per heavy atom. The fourth-order valence-corrected chi connectivity index (χ4v) is 4.28. The van der Waals surface area contributed by atoms with E-state index >= 15 is 0 Å². The molecule has 186 valence electrons. The minimum atomic E-state index is -3.91. The van der Waals surface area contributed by atoms with E-state index in [2.05, 4.69) is 5.32 Å². The van der Waals surface area contributed by atoms with Gasteiger partial charge in [0, 0.05) is 13.1 Å². The number of anilines is 1. The third kappa shape index (κ3) is 7.70. The number of hydrogen-bond donors (Lipinski definition) is 1. The summed E-state index contributed by atoms with van der Waals surface area (Å²) in [6, 6.07) is 10.1. The highest BCUT2D eigenvalue weighted by atomic mass is 35.5. The van der Waals surface area contributed by atoms with Crippen LogP contribution in [0.4, 0.5) is 10.1 Å². The van der Waals surface area contributed by atoms with Gasteiger partial charge in [-0.2, -0.15) is 0 Å². The van der Waals surface area contributed by atoms with Crippen LogP contribution in [0.25, 0.3) is 0 Å². The lowest BCUT2D eigenvalue weighted by atomic mass is 10.1. The van der Waals surface area contributed by atoms with E-state index in [1.54, 1.807) is 6.92 Å². The van der Waals surface area contributed by atoms with Crippen molar-refractivity contribution in [2.45, 2.75) is 46.2 Å². The van der Waals surface area contributed by atoms with Gasteiger partial charge in [-0.25, -0.2) is 12.8 Å². The molecule has 2 rings (SSSR count). The summed E-state index contributed by atoms with van der Waals surface area (Å²) >= 11 is 5.83. The second kappa shape index (κ2) is 12.2. The average molecular weight is 512 g/mol. The molecule has 0 saturated carbocycles. The first-order chi connectivity index (χ1) is 15.9. The minimum Gasteiger partial charge on any atom is -0.354 e. The monoisotopic (exact) mass is 511 g/mol. The fraction of sp³-hybridized carbons (Fsp3) is 0.417. The van der Waals surface area contributed by atoms with Crippen LogP contribution >= 0.6 is 11.6 Å². The van der Waals surface area contributed by atoms with Crippen molar-refractivity contribution in [2.24, 2.45) is 0 Å². The number of rotatable bonds is 11. The molecule has 0 aromatic heterocycles. The maximum absolute atomic E-state index is 13.6. The molecule has 1 N–H and O–H groups in total. The Morgan fingerprint density at radius 2 is 1.79 bits per heavy atom. The standard InChI is InChI=1S/C24H31ClFN3O4S/c1-5-6-13-27-24(31)18(3)28(15-19-9-7-17(2)8-10-19)23(30)16-29(34(4,32)33)20-11-12-22(26)21(25)14-20/h7-12,14,18H,5-6,13,15-16H2,1-4H3,(H,27,31)/t18-/m1/s1. The highest BCUT2D eigenvalue weighted by Crippen LogP contribution is 2.25. The average Bonchev–Trinajstić information content (AvgIpc) is 2.77. The van der Waals surface area contributed by atoms with Gasteiger partial charge in [0.05, 0.1) is 17.0 Å². The van der Waals surface area contributed by atoms with E-state index in [1.807, 2.05) is 38.1 Å². The SMILES string of the molecule is CCCCNC(=O)[C@@H](C)N(Cc1ccc(C)cc1)C(=O)CN(c1ccc(F)c(Cl)c1)S(C)(=O)=O. The van der Waals surface area contributed by atoms with Crippen LogP contribution in [0.5, 0.6) is 0 Å². The molecule has 10 heteroatoms. The Hall–Kier alpha value is -2.65. The highest BCUT2D eigenvalue weighted by Gasteiger charge is 2.30. The van der Waals surface area contributed by atoms with Crippen molar-refractivity contribution < 1.29 is 22.4 Å². The van der Waals surface area contributed by atoms with E-state index in [1.165, 1.54) is 11.0 Å². The molecule has 0 aliphatic rings. The molecule has 1 atom stereocenters. The second-order valence-corrected chi connectivity index (χ2v) is 10.5. The van der Waals surface area contributed by atoms with E-state index in [-0.39, 0.29) is 23.2 Å². The molecule has 0 unspecified atom stereocenters. The molecule has 0 heterocycles. The number of hydrogen-bond acceptors (Lipinski definition) is 4. The molecule has 0 radical (unpaired) electrons. The van der Waals surface area contributed by atoms with Crippen LogP contribution in [0.2, 0.25) is 5.02 Å². The number of aryl methyl sites for hydroxylation is 1. The summed E-state index contributed by atoms with van der Waals surface area (Å²) in [6.45, 7) is 5.57. The zero-order valence-corrected chi connectivity index (χ0v) is 21.4. The molecule has 0 fully saturated rings. The predicted octanol–water partition coefficient (Wildman–Crippen LogP) is 3.89. The molecule has 0 saturated heterocycles. The number of benzene rings is 2. The molecule has 0 spiro atoms. The molecule has 0 aliphatic carbocycles. The Kier molecular flexibility index (Phi) is 9.88. The molecule has 0 aliphatic heterocycles. The first-order valence-corrected chi connectivity index (χ1v) is 13.2. The quantitative estimate of drug-likeness (QED) is 0.464. The number of halogens is 2. The van der Waals surface area contributed by atoms with Crippen molar-refractivity contribution in [3.8, 4) is 0 Å². The van der Waals surface area contributed by atoms with Gasteiger partial charge < -0.3 is 10.2 Å². The van der Waals surface area contributed by atoms with Crippen LogP contribution in [0.15, 0.2) is 42.5 Å². The maximum atomic E-state index is 13.6. The third-order valence-electron chi connectivity index (χ3n) is 5.34.